The van der Waals surface area contributed by atoms with E-state index in [1.165, 1.54) is 11.2 Å². The van der Waals surface area contributed by atoms with Crippen molar-refractivity contribution in [2.24, 2.45) is 7.05 Å². The first-order valence-electron chi connectivity index (χ1n) is 10.5. The summed E-state index contributed by atoms with van der Waals surface area (Å²) in [5, 5.41) is 7.32. The number of aromatic nitrogens is 2. The molecule has 1 atom stereocenters. The highest BCUT2D eigenvalue weighted by Gasteiger charge is 2.37. The van der Waals surface area contributed by atoms with Crippen molar-refractivity contribution in [2.45, 2.75) is 19.5 Å². The highest BCUT2D eigenvalue weighted by Crippen LogP contribution is 2.33. The van der Waals surface area contributed by atoms with E-state index in [9.17, 15) is 9.59 Å². The van der Waals surface area contributed by atoms with Crippen LogP contribution in [0.5, 0.6) is 5.88 Å². The van der Waals surface area contributed by atoms with Crippen LogP contribution in [0.4, 0.5) is 0 Å². The number of aryl methyl sites for hydroxylation is 2. The third-order valence-electron chi connectivity index (χ3n) is 5.01. The number of furan rings is 1. The zero-order chi connectivity index (χ0) is 23.8. The third kappa shape index (κ3) is 5.41. The van der Waals surface area contributed by atoms with Crippen LogP contribution in [0.15, 0.2) is 78.5 Å². The second-order valence-electron chi connectivity index (χ2n) is 7.34. The minimum atomic E-state index is -1.01. The van der Waals surface area contributed by atoms with Gasteiger partial charge in [-0.15, -0.1) is 6.58 Å². The molecule has 0 radical (unpaired) electrons. The van der Waals surface area contributed by atoms with Gasteiger partial charge in [-0.25, -0.2) is 4.68 Å². The van der Waals surface area contributed by atoms with Crippen molar-refractivity contribution in [3.8, 4) is 5.88 Å². The number of carbonyl (C=O) groups is 2. The molecule has 1 unspecified atom stereocenters. The second kappa shape index (κ2) is 11.0. The van der Waals surface area contributed by atoms with Crippen LogP contribution in [0.2, 0.25) is 0 Å². The topological polar surface area (TPSA) is 89.6 Å². The Bertz CT molecular complexity index is 1100. The highest BCUT2D eigenvalue weighted by atomic mass is 16.5. The molecule has 2 aromatic heterocycles. The fourth-order valence-corrected chi connectivity index (χ4v) is 3.58. The largest absolute Gasteiger partial charge is 0.473 e. The molecule has 0 aliphatic heterocycles. The molecule has 0 spiro atoms. The Balaban J connectivity index is 2.07. The summed E-state index contributed by atoms with van der Waals surface area (Å²) < 4.78 is 12.7. The average Bonchev–Trinajstić information content (AvgIpc) is 3.44. The summed E-state index contributed by atoms with van der Waals surface area (Å²) in [5.41, 5.74) is 1.53. The Morgan fingerprint density at radius 2 is 1.97 bits per heavy atom. The molecular weight excluding hydrogens is 420 g/mol. The quantitative estimate of drug-likeness (QED) is 0.453. The molecule has 8 nitrogen and oxygen atoms in total. The van der Waals surface area contributed by atoms with Gasteiger partial charge >= 0.3 is 0 Å². The molecule has 3 aromatic rings. The summed E-state index contributed by atoms with van der Waals surface area (Å²) in [4.78, 5) is 28.6. The van der Waals surface area contributed by atoms with Crippen molar-refractivity contribution < 1.29 is 18.7 Å². The van der Waals surface area contributed by atoms with Crippen molar-refractivity contribution in [1.82, 2.24) is 20.0 Å². The molecule has 0 bridgehead atoms. The van der Waals surface area contributed by atoms with Crippen LogP contribution in [-0.4, -0.2) is 39.6 Å². The predicted octanol–water partition coefficient (Wildman–Crippen LogP) is 3.57. The minimum absolute atomic E-state index is 0.141. The van der Waals surface area contributed by atoms with Gasteiger partial charge in [0.25, 0.3) is 5.91 Å². The van der Waals surface area contributed by atoms with Gasteiger partial charge in [-0.3, -0.25) is 9.59 Å². The fraction of sp³-hybridized carbons (Fsp3) is 0.240. The second-order valence-corrected chi connectivity index (χ2v) is 7.34. The predicted molar refractivity (Wildman–Crippen MR) is 125 cm³/mol. The lowest BCUT2D eigenvalue weighted by Crippen LogP contribution is -2.44. The molecule has 172 valence electrons. The van der Waals surface area contributed by atoms with Gasteiger partial charge in [0.1, 0.15) is 18.4 Å². The number of rotatable bonds is 11. The van der Waals surface area contributed by atoms with Crippen LogP contribution in [0.3, 0.4) is 0 Å². The number of ether oxygens (including phenoxy) is 1. The first-order chi connectivity index (χ1) is 16.0. The van der Waals surface area contributed by atoms with E-state index in [2.05, 4.69) is 23.6 Å². The van der Waals surface area contributed by atoms with Crippen molar-refractivity contribution in [3.05, 3.63) is 96.6 Å². The normalized spacial score (nSPS) is 11.5. The molecule has 0 aliphatic carbocycles. The monoisotopic (exact) mass is 448 g/mol. The zero-order valence-electron chi connectivity index (χ0n) is 18.9. The maximum Gasteiger partial charge on any atom is 0.255 e. The number of hydrogen-bond donors (Lipinski definition) is 1. The van der Waals surface area contributed by atoms with Gasteiger partial charge in [-0.05, 0) is 31.2 Å². The molecule has 1 N–H and O–H groups in total. The summed E-state index contributed by atoms with van der Waals surface area (Å²) in [6.07, 6.45) is 4.73. The molecule has 3 rings (SSSR count). The van der Waals surface area contributed by atoms with E-state index in [1.54, 1.807) is 67.2 Å². The Kier molecular flexibility index (Phi) is 7.86. The first kappa shape index (κ1) is 23.6. The molecule has 8 heteroatoms. The van der Waals surface area contributed by atoms with Gasteiger partial charge in [0.15, 0.2) is 0 Å². The Labute approximate surface area is 193 Å². The van der Waals surface area contributed by atoms with Crippen molar-refractivity contribution >= 4 is 11.8 Å². The number of nitrogens with one attached hydrogen (secondary N) is 1. The molecular formula is C25H28N4O4. The molecule has 2 amide bonds. The van der Waals surface area contributed by atoms with E-state index in [0.717, 1.165) is 0 Å². The summed E-state index contributed by atoms with van der Waals surface area (Å²) in [7, 11) is 1.73. The minimum Gasteiger partial charge on any atom is -0.473 e. The highest BCUT2D eigenvalue weighted by molar-refractivity contribution is 5.98. The molecule has 0 fully saturated rings. The summed E-state index contributed by atoms with van der Waals surface area (Å²) >= 11 is 0. The van der Waals surface area contributed by atoms with E-state index in [-0.39, 0.29) is 25.6 Å². The van der Waals surface area contributed by atoms with Crippen LogP contribution in [-0.2, 0) is 18.4 Å². The number of carbonyl (C=O) groups excluding carboxylic acids is 2. The fourth-order valence-electron chi connectivity index (χ4n) is 3.58. The van der Waals surface area contributed by atoms with E-state index in [1.807, 2.05) is 6.07 Å². The summed E-state index contributed by atoms with van der Waals surface area (Å²) in [6.45, 7) is 9.80. The Morgan fingerprint density at radius 1 is 1.21 bits per heavy atom. The number of amides is 2. The average molecular weight is 449 g/mol. The molecule has 2 heterocycles. The summed E-state index contributed by atoms with van der Waals surface area (Å²) in [5.74, 6) is 0.280. The van der Waals surface area contributed by atoms with Gasteiger partial charge in [-0.2, -0.15) is 5.10 Å². The van der Waals surface area contributed by atoms with E-state index >= 15 is 0 Å². The van der Waals surface area contributed by atoms with E-state index < -0.39 is 11.9 Å². The molecule has 0 aliphatic rings. The zero-order valence-corrected chi connectivity index (χ0v) is 18.9. The standard InChI is InChI=1S/C25H28N4O4/c1-5-14-29(24(31)19-11-8-7-9-12-19)22(23(30)26-17-20-13-10-16-32-20)21-18(3)27-28(4)25(21)33-15-6-2/h5-13,16,22H,1-2,14-15,17H2,3-4H3,(H,26,30). The van der Waals surface area contributed by atoms with E-state index in [0.29, 0.717) is 28.5 Å². The smallest absolute Gasteiger partial charge is 0.255 e. The Morgan fingerprint density at radius 3 is 2.61 bits per heavy atom. The lowest BCUT2D eigenvalue weighted by molar-refractivity contribution is -0.126. The van der Waals surface area contributed by atoms with Crippen molar-refractivity contribution in [2.75, 3.05) is 13.2 Å². The van der Waals surface area contributed by atoms with Crippen molar-refractivity contribution in [3.63, 3.8) is 0 Å². The first-order valence-corrected chi connectivity index (χ1v) is 10.5. The van der Waals surface area contributed by atoms with E-state index in [4.69, 9.17) is 9.15 Å². The SMILES string of the molecule is C=CCOc1c(C(C(=O)NCc2ccco2)N(CC=C)C(=O)c2ccccc2)c(C)nn1C. The van der Waals surface area contributed by atoms with Crippen LogP contribution in [0, 0.1) is 6.92 Å². The van der Waals surface area contributed by atoms with Gasteiger partial charge in [-0.1, -0.05) is 36.9 Å². The third-order valence-corrected chi connectivity index (χ3v) is 5.01. The van der Waals surface area contributed by atoms with Crippen LogP contribution >= 0.6 is 0 Å². The van der Waals surface area contributed by atoms with Gasteiger partial charge < -0.3 is 19.4 Å². The number of nitrogens with zero attached hydrogens (tertiary/aromatic N) is 3. The Hall–Kier alpha value is -4.07. The maximum atomic E-state index is 13.6. The molecule has 0 saturated carbocycles. The van der Waals surface area contributed by atoms with Crippen molar-refractivity contribution in [1.29, 1.82) is 0 Å². The number of hydrogen-bond acceptors (Lipinski definition) is 5. The summed E-state index contributed by atoms with van der Waals surface area (Å²) in [6, 6.07) is 11.3. The van der Waals surface area contributed by atoms with Crippen LogP contribution in [0.1, 0.15) is 33.4 Å². The molecule has 33 heavy (non-hydrogen) atoms. The van der Waals surface area contributed by atoms with Crippen LogP contribution in [0.25, 0.3) is 0 Å². The lowest BCUT2D eigenvalue weighted by Gasteiger charge is -2.30. The molecule has 1 aromatic carbocycles. The van der Waals surface area contributed by atoms with Gasteiger partial charge in [0, 0.05) is 19.2 Å². The number of benzene rings is 1. The maximum absolute atomic E-state index is 13.6. The molecule has 0 saturated heterocycles. The van der Waals surface area contributed by atoms with Crippen LogP contribution < -0.4 is 10.1 Å². The van der Waals surface area contributed by atoms with Gasteiger partial charge in [0.05, 0.1) is 24.1 Å². The van der Waals surface area contributed by atoms with Gasteiger partial charge in [0.2, 0.25) is 11.8 Å². The lowest BCUT2D eigenvalue weighted by atomic mass is 10.0.